The van der Waals surface area contributed by atoms with Gasteiger partial charge in [0.1, 0.15) is 12.2 Å². The Kier molecular flexibility index (Phi) is 8.26. The van der Waals surface area contributed by atoms with Gasteiger partial charge in [0.15, 0.2) is 17.3 Å². The quantitative estimate of drug-likeness (QED) is 0.157. The van der Waals surface area contributed by atoms with E-state index in [0.717, 1.165) is 10.9 Å². The van der Waals surface area contributed by atoms with Gasteiger partial charge in [-0.2, -0.15) is 9.78 Å². The molecule has 12 heteroatoms. The Labute approximate surface area is 271 Å². The van der Waals surface area contributed by atoms with Crippen LogP contribution in [0.1, 0.15) is 21.5 Å². The average Bonchev–Trinajstić information content (AvgIpc) is 3.45. The van der Waals surface area contributed by atoms with Gasteiger partial charge < -0.3 is 19.0 Å². The van der Waals surface area contributed by atoms with Crippen molar-refractivity contribution in [2.45, 2.75) is 6.61 Å². The van der Waals surface area contributed by atoms with Gasteiger partial charge in [-0.1, -0.05) is 35.9 Å². The van der Waals surface area contributed by atoms with Gasteiger partial charge in [0.2, 0.25) is 5.82 Å². The number of fused-ring (bicyclic) bond motifs is 2. The fraction of sp³-hybridized carbons (Fsp3) is 0.0625. The highest BCUT2D eigenvalue weighted by Gasteiger charge is 2.19. The second-order valence-corrected chi connectivity index (χ2v) is 11.5. The minimum absolute atomic E-state index is 0.166. The lowest BCUT2D eigenvalue weighted by Crippen LogP contribution is -2.20. The predicted octanol–water partition coefficient (Wildman–Crippen LogP) is 8.16. The Morgan fingerprint density at radius 2 is 1.84 bits per heavy atom. The third-order valence-electron chi connectivity index (χ3n) is 6.72. The standard InChI is InChI=1S/C32H20Br2ClN3O6/c1-42-25-14-20(27(33)28(34)29(25)43-16-17-6-8-18(9-7-17)32(40)41)15-36-38-30(37-23-5-3-2-4-22(23)31(38)39)26-13-19-12-21(35)10-11-24(19)44-26/h2-15H,16H2,1H3,(H,40,41). The van der Waals surface area contributed by atoms with Crippen molar-refractivity contribution in [2.75, 3.05) is 7.11 Å². The zero-order valence-electron chi connectivity index (χ0n) is 22.8. The molecule has 0 radical (unpaired) electrons. The van der Waals surface area contributed by atoms with Crippen LogP contribution in [0.3, 0.4) is 0 Å². The van der Waals surface area contributed by atoms with Crippen LogP contribution in [0.2, 0.25) is 5.02 Å². The van der Waals surface area contributed by atoms with E-state index in [-0.39, 0.29) is 23.6 Å². The maximum absolute atomic E-state index is 13.7. The molecule has 0 saturated heterocycles. The van der Waals surface area contributed by atoms with Gasteiger partial charge in [-0.3, -0.25) is 4.79 Å². The number of aromatic nitrogens is 2. The molecule has 6 rings (SSSR count). The van der Waals surface area contributed by atoms with Gasteiger partial charge in [0, 0.05) is 20.4 Å². The van der Waals surface area contributed by atoms with Crippen LogP contribution < -0.4 is 15.0 Å². The lowest BCUT2D eigenvalue weighted by Gasteiger charge is -2.15. The first-order valence-corrected chi connectivity index (χ1v) is 15.0. The molecule has 0 amide bonds. The van der Waals surface area contributed by atoms with Crippen molar-refractivity contribution in [2.24, 2.45) is 5.10 Å². The smallest absolute Gasteiger partial charge is 0.335 e. The molecule has 6 aromatic rings. The average molecular weight is 738 g/mol. The number of hydrogen-bond acceptors (Lipinski definition) is 7. The summed E-state index contributed by atoms with van der Waals surface area (Å²) in [6.07, 6.45) is 1.51. The van der Waals surface area contributed by atoms with Crippen LogP contribution in [0.5, 0.6) is 11.5 Å². The summed E-state index contributed by atoms with van der Waals surface area (Å²) in [4.78, 5) is 29.5. The minimum atomic E-state index is -1.00. The van der Waals surface area contributed by atoms with Crippen molar-refractivity contribution in [3.05, 3.63) is 120 Å². The van der Waals surface area contributed by atoms with Crippen molar-refractivity contribution in [1.29, 1.82) is 0 Å². The number of carboxylic acid groups (broad SMARTS) is 1. The molecule has 1 N–H and O–H groups in total. The zero-order chi connectivity index (χ0) is 31.0. The molecule has 0 spiro atoms. The minimum Gasteiger partial charge on any atom is -0.493 e. The molecule has 4 aromatic carbocycles. The molecule has 0 aliphatic rings. The number of nitrogens with zero attached hydrogens (tertiary/aromatic N) is 3. The Hall–Kier alpha value is -4.45. The number of aromatic carboxylic acids is 1. The lowest BCUT2D eigenvalue weighted by atomic mass is 10.1. The van der Waals surface area contributed by atoms with Gasteiger partial charge in [0.25, 0.3) is 5.56 Å². The number of benzene rings is 4. The summed E-state index contributed by atoms with van der Waals surface area (Å²) in [5, 5.41) is 15.4. The van der Waals surface area contributed by atoms with Gasteiger partial charge in [-0.25, -0.2) is 9.78 Å². The molecule has 0 saturated carbocycles. The summed E-state index contributed by atoms with van der Waals surface area (Å²) < 4.78 is 20.0. The monoisotopic (exact) mass is 735 g/mol. The number of carboxylic acids is 1. The molecule has 0 aliphatic carbocycles. The summed E-state index contributed by atoms with van der Waals surface area (Å²) in [5.41, 5.74) is 2.25. The first kappa shape index (κ1) is 29.6. The van der Waals surface area contributed by atoms with Gasteiger partial charge in [-0.05, 0) is 92.0 Å². The molecule has 220 valence electrons. The van der Waals surface area contributed by atoms with E-state index in [1.54, 1.807) is 66.7 Å². The van der Waals surface area contributed by atoms with E-state index in [1.807, 2.05) is 0 Å². The summed E-state index contributed by atoms with van der Waals surface area (Å²) in [6.45, 7) is 0.166. The van der Waals surface area contributed by atoms with Crippen molar-refractivity contribution in [1.82, 2.24) is 9.66 Å². The topological polar surface area (TPSA) is 116 Å². The van der Waals surface area contributed by atoms with E-state index < -0.39 is 5.97 Å². The number of rotatable bonds is 8. The van der Waals surface area contributed by atoms with Crippen LogP contribution in [0.4, 0.5) is 0 Å². The Balaban J connectivity index is 1.39. The lowest BCUT2D eigenvalue weighted by molar-refractivity contribution is 0.0697. The van der Waals surface area contributed by atoms with Gasteiger partial charge in [0.05, 0.1) is 34.3 Å². The van der Waals surface area contributed by atoms with Crippen molar-refractivity contribution in [3.8, 4) is 23.1 Å². The predicted molar refractivity (Wildman–Crippen MR) is 175 cm³/mol. The van der Waals surface area contributed by atoms with Crippen LogP contribution in [0.25, 0.3) is 33.5 Å². The number of carbonyl (C=O) groups is 1. The van der Waals surface area contributed by atoms with Gasteiger partial charge in [-0.15, -0.1) is 0 Å². The van der Waals surface area contributed by atoms with E-state index in [4.69, 9.17) is 35.6 Å². The van der Waals surface area contributed by atoms with Crippen molar-refractivity contribution in [3.63, 3.8) is 0 Å². The largest absolute Gasteiger partial charge is 0.493 e. The normalized spacial score (nSPS) is 11.5. The second kappa shape index (κ2) is 12.3. The molecular weight excluding hydrogens is 718 g/mol. The molecule has 9 nitrogen and oxygen atoms in total. The van der Waals surface area contributed by atoms with E-state index in [9.17, 15) is 9.59 Å². The maximum Gasteiger partial charge on any atom is 0.335 e. The fourth-order valence-corrected chi connectivity index (χ4v) is 5.63. The molecule has 2 heterocycles. The van der Waals surface area contributed by atoms with E-state index in [2.05, 4.69) is 37.0 Å². The van der Waals surface area contributed by atoms with Gasteiger partial charge >= 0.3 is 5.97 Å². The number of methoxy groups -OCH3 is 1. The van der Waals surface area contributed by atoms with Crippen LogP contribution in [-0.4, -0.2) is 34.1 Å². The molecule has 0 aliphatic heterocycles. The summed E-state index contributed by atoms with van der Waals surface area (Å²) in [5.74, 6) is 0.389. The molecule has 2 aromatic heterocycles. The van der Waals surface area contributed by atoms with Crippen LogP contribution in [0.15, 0.2) is 102 Å². The van der Waals surface area contributed by atoms with Crippen molar-refractivity contribution < 1.29 is 23.8 Å². The van der Waals surface area contributed by atoms with Crippen LogP contribution >= 0.6 is 43.5 Å². The Morgan fingerprint density at radius 1 is 1.07 bits per heavy atom. The molecule has 0 bridgehead atoms. The molecule has 0 atom stereocenters. The first-order valence-electron chi connectivity index (χ1n) is 13.0. The van der Waals surface area contributed by atoms with E-state index >= 15 is 0 Å². The summed E-state index contributed by atoms with van der Waals surface area (Å²) in [7, 11) is 1.51. The maximum atomic E-state index is 13.7. The first-order chi connectivity index (χ1) is 21.2. The number of furan rings is 1. The SMILES string of the molecule is COc1cc(C=Nn2c(-c3cc4cc(Cl)ccc4o3)nc3ccccc3c2=O)c(Br)c(Br)c1OCc1ccc(C(=O)O)cc1. The highest BCUT2D eigenvalue weighted by atomic mass is 79.9. The van der Waals surface area contributed by atoms with E-state index in [1.165, 1.54) is 30.1 Å². The fourth-order valence-electron chi connectivity index (χ4n) is 4.52. The Morgan fingerprint density at radius 3 is 2.59 bits per heavy atom. The molecular formula is C32H20Br2ClN3O6. The zero-order valence-corrected chi connectivity index (χ0v) is 26.7. The van der Waals surface area contributed by atoms with Crippen LogP contribution in [0, 0.1) is 0 Å². The number of ether oxygens (including phenoxy) is 2. The third-order valence-corrected chi connectivity index (χ3v) is 9.10. The molecule has 44 heavy (non-hydrogen) atoms. The number of halogens is 3. The second-order valence-electron chi connectivity index (χ2n) is 9.52. The number of hydrogen-bond donors (Lipinski definition) is 1. The van der Waals surface area contributed by atoms with E-state index in [0.29, 0.717) is 53.3 Å². The van der Waals surface area contributed by atoms with Crippen molar-refractivity contribution >= 4 is 77.5 Å². The molecule has 0 unspecified atom stereocenters. The highest BCUT2D eigenvalue weighted by Crippen LogP contribution is 2.42. The highest BCUT2D eigenvalue weighted by molar-refractivity contribution is 9.13. The number of para-hydroxylation sites is 1. The molecule has 0 fully saturated rings. The third kappa shape index (κ3) is 5.73. The Bertz CT molecular complexity index is 2160. The summed E-state index contributed by atoms with van der Waals surface area (Å²) >= 11 is 13.4. The van der Waals surface area contributed by atoms with Crippen LogP contribution in [-0.2, 0) is 6.61 Å². The summed E-state index contributed by atoms with van der Waals surface area (Å²) in [6, 6.07) is 22.1.